The van der Waals surface area contributed by atoms with Crippen LogP contribution in [0.25, 0.3) is 0 Å². The van der Waals surface area contributed by atoms with Crippen molar-refractivity contribution in [3.8, 4) is 0 Å². The summed E-state index contributed by atoms with van der Waals surface area (Å²) in [5.74, 6) is -1.45. The third-order valence-corrected chi connectivity index (χ3v) is 2.70. The summed E-state index contributed by atoms with van der Waals surface area (Å²) in [6.07, 6.45) is 0.419. The predicted molar refractivity (Wildman–Crippen MR) is 62.7 cm³/mol. The first-order valence-electron chi connectivity index (χ1n) is 5.17. The Balaban J connectivity index is 2.77. The Morgan fingerprint density at radius 3 is 2.31 bits per heavy atom. The molecule has 1 rings (SSSR count). The van der Waals surface area contributed by atoms with Crippen LogP contribution in [0.2, 0.25) is 5.02 Å². The highest BCUT2D eigenvalue weighted by molar-refractivity contribution is 6.30. The first-order chi connectivity index (χ1) is 7.50. The lowest BCUT2D eigenvalue weighted by Gasteiger charge is -2.13. The smallest absolute Gasteiger partial charge is 0.310 e. The van der Waals surface area contributed by atoms with E-state index in [9.17, 15) is 4.79 Å². The molecule has 0 aliphatic rings. The van der Waals surface area contributed by atoms with Crippen molar-refractivity contribution in [1.82, 2.24) is 0 Å². The topological polar surface area (TPSA) is 57.5 Å². The lowest BCUT2D eigenvalue weighted by Crippen LogP contribution is -2.14. The maximum Gasteiger partial charge on any atom is 0.310 e. The zero-order valence-electron chi connectivity index (χ0n) is 9.06. The lowest BCUT2D eigenvalue weighted by atomic mass is 9.93. The standard InChI is InChI=1S/C12H15ClO3/c1-8(14)2-7-11(12(15)16)9-3-5-10(13)6-4-9/h3-6,8,11,14H,2,7H2,1H3,(H,15,16). The number of hydrogen-bond acceptors (Lipinski definition) is 2. The number of benzene rings is 1. The molecule has 0 heterocycles. The highest BCUT2D eigenvalue weighted by Gasteiger charge is 2.19. The lowest BCUT2D eigenvalue weighted by molar-refractivity contribution is -0.139. The van der Waals surface area contributed by atoms with Crippen molar-refractivity contribution < 1.29 is 15.0 Å². The molecule has 1 aromatic carbocycles. The number of carbonyl (C=O) groups is 1. The van der Waals surface area contributed by atoms with E-state index in [4.69, 9.17) is 21.8 Å². The van der Waals surface area contributed by atoms with Crippen LogP contribution >= 0.6 is 11.6 Å². The molecule has 0 aromatic heterocycles. The molecule has 0 fully saturated rings. The van der Waals surface area contributed by atoms with Gasteiger partial charge in [-0.1, -0.05) is 23.7 Å². The number of aliphatic hydroxyl groups is 1. The van der Waals surface area contributed by atoms with Crippen LogP contribution in [0.4, 0.5) is 0 Å². The number of aliphatic carboxylic acids is 1. The van der Waals surface area contributed by atoms with Gasteiger partial charge in [0.05, 0.1) is 12.0 Å². The molecular weight excluding hydrogens is 228 g/mol. The Kier molecular flexibility index (Phi) is 4.77. The number of halogens is 1. The van der Waals surface area contributed by atoms with E-state index in [2.05, 4.69) is 0 Å². The molecule has 0 bridgehead atoms. The van der Waals surface area contributed by atoms with Gasteiger partial charge in [-0.25, -0.2) is 0 Å². The summed E-state index contributed by atoms with van der Waals surface area (Å²) in [5, 5.41) is 18.8. The van der Waals surface area contributed by atoms with E-state index in [1.165, 1.54) is 0 Å². The molecule has 4 heteroatoms. The monoisotopic (exact) mass is 242 g/mol. The normalized spacial score (nSPS) is 14.4. The van der Waals surface area contributed by atoms with E-state index in [1.807, 2.05) is 0 Å². The van der Waals surface area contributed by atoms with Crippen LogP contribution in [-0.2, 0) is 4.79 Å². The van der Waals surface area contributed by atoms with Crippen LogP contribution in [0.15, 0.2) is 24.3 Å². The van der Waals surface area contributed by atoms with Crippen molar-refractivity contribution in [2.75, 3.05) is 0 Å². The zero-order valence-corrected chi connectivity index (χ0v) is 9.81. The molecule has 2 unspecified atom stereocenters. The summed E-state index contributed by atoms with van der Waals surface area (Å²) in [4.78, 5) is 11.1. The molecule has 2 atom stereocenters. The van der Waals surface area contributed by atoms with E-state index in [0.717, 1.165) is 5.56 Å². The van der Waals surface area contributed by atoms with Crippen molar-refractivity contribution in [3.63, 3.8) is 0 Å². The van der Waals surface area contributed by atoms with Crippen molar-refractivity contribution in [3.05, 3.63) is 34.9 Å². The van der Waals surface area contributed by atoms with Crippen LogP contribution in [0.5, 0.6) is 0 Å². The van der Waals surface area contributed by atoms with Gasteiger partial charge in [-0.05, 0) is 37.5 Å². The highest BCUT2D eigenvalue weighted by Crippen LogP contribution is 2.24. The Morgan fingerprint density at radius 2 is 1.88 bits per heavy atom. The second-order valence-electron chi connectivity index (χ2n) is 3.87. The van der Waals surface area contributed by atoms with Crippen molar-refractivity contribution in [2.24, 2.45) is 0 Å². The molecule has 0 aliphatic carbocycles. The van der Waals surface area contributed by atoms with Crippen LogP contribution < -0.4 is 0 Å². The van der Waals surface area contributed by atoms with Gasteiger partial charge in [0, 0.05) is 5.02 Å². The first-order valence-corrected chi connectivity index (χ1v) is 5.55. The van der Waals surface area contributed by atoms with Crippen molar-refractivity contribution in [1.29, 1.82) is 0 Å². The van der Waals surface area contributed by atoms with Crippen LogP contribution in [-0.4, -0.2) is 22.3 Å². The van der Waals surface area contributed by atoms with Crippen LogP contribution in [0.1, 0.15) is 31.2 Å². The van der Waals surface area contributed by atoms with Gasteiger partial charge in [0.25, 0.3) is 0 Å². The largest absolute Gasteiger partial charge is 0.481 e. The summed E-state index contributed by atoms with van der Waals surface area (Å²) in [5.41, 5.74) is 0.720. The molecule has 0 saturated heterocycles. The summed E-state index contributed by atoms with van der Waals surface area (Å²) in [6.45, 7) is 1.65. The van der Waals surface area contributed by atoms with Gasteiger partial charge in [-0.2, -0.15) is 0 Å². The fourth-order valence-corrected chi connectivity index (χ4v) is 1.66. The minimum atomic E-state index is -0.872. The predicted octanol–water partition coefficient (Wildman–Crippen LogP) is 2.67. The molecule has 3 nitrogen and oxygen atoms in total. The van der Waals surface area contributed by atoms with Gasteiger partial charge in [-0.15, -0.1) is 0 Å². The summed E-state index contributed by atoms with van der Waals surface area (Å²) in [7, 11) is 0. The number of hydrogen-bond donors (Lipinski definition) is 2. The minimum Gasteiger partial charge on any atom is -0.481 e. The van der Waals surface area contributed by atoms with E-state index < -0.39 is 18.0 Å². The second-order valence-corrected chi connectivity index (χ2v) is 4.31. The molecule has 16 heavy (non-hydrogen) atoms. The maximum atomic E-state index is 11.1. The molecule has 1 aromatic rings. The quantitative estimate of drug-likeness (QED) is 0.835. The Bertz CT molecular complexity index is 346. The Hall–Kier alpha value is -1.06. The van der Waals surface area contributed by atoms with Crippen molar-refractivity contribution >= 4 is 17.6 Å². The van der Waals surface area contributed by atoms with E-state index in [0.29, 0.717) is 17.9 Å². The average Bonchev–Trinajstić information content (AvgIpc) is 2.20. The molecule has 0 saturated carbocycles. The van der Waals surface area contributed by atoms with E-state index in [1.54, 1.807) is 31.2 Å². The molecular formula is C12H15ClO3. The molecule has 88 valence electrons. The van der Waals surface area contributed by atoms with Gasteiger partial charge in [-0.3, -0.25) is 4.79 Å². The van der Waals surface area contributed by atoms with Crippen LogP contribution in [0, 0.1) is 0 Å². The molecule has 2 N–H and O–H groups in total. The molecule has 0 amide bonds. The number of carboxylic acid groups (broad SMARTS) is 1. The fourth-order valence-electron chi connectivity index (χ4n) is 1.54. The third kappa shape index (κ3) is 3.83. The average molecular weight is 243 g/mol. The molecule has 0 radical (unpaired) electrons. The zero-order chi connectivity index (χ0) is 12.1. The van der Waals surface area contributed by atoms with Gasteiger partial charge in [0.2, 0.25) is 0 Å². The van der Waals surface area contributed by atoms with Crippen LogP contribution in [0.3, 0.4) is 0 Å². The molecule has 0 spiro atoms. The third-order valence-electron chi connectivity index (χ3n) is 2.44. The second kappa shape index (κ2) is 5.87. The minimum absolute atomic E-state index is 0.425. The summed E-state index contributed by atoms with van der Waals surface area (Å²) in [6, 6.07) is 6.77. The SMILES string of the molecule is CC(O)CCC(C(=O)O)c1ccc(Cl)cc1. The van der Waals surface area contributed by atoms with E-state index >= 15 is 0 Å². The summed E-state index contributed by atoms with van der Waals surface area (Å²) < 4.78 is 0. The van der Waals surface area contributed by atoms with Gasteiger partial charge < -0.3 is 10.2 Å². The first kappa shape index (κ1) is 13.0. The summed E-state index contributed by atoms with van der Waals surface area (Å²) >= 11 is 5.74. The Morgan fingerprint density at radius 1 is 1.31 bits per heavy atom. The Labute approximate surface area is 99.7 Å². The maximum absolute atomic E-state index is 11.1. The highest BCUT2D eigenvalue weighted by atomic mass is 35.5. The number of carboxylic acids is 1. The number of rotatable bonds is 5. The fraction of sp³-hybridized carbons (Fsp3) is 0.417. The van der Waals surface area contributed by atoms with Gasteiger partial charge in [0.1, 0.15) is 0 Å². The number of aliphatic hydroxyl groups excluding tert-OH is 1. The van der Waals surface area contributed by atoms with Gasteiger partial charge >= 0.3 is 5.97 Å². The van der Waals surface area contributed by atoms with E-state index in [-0.39, 0.29) is 0 Å². The molecule has 0 aliphatic heterocycles. The van der Waals surface area contributed by atoms with Crippen molar-refractivity contribution in [2.45, 2.75) is 31.8 Å². The van der Waals surface area contributed by atoms with Gasteiger partial charge in [0.15, 0.2) is 0 Å².